The van der Waals surface area contributed by atoms with Crippen molar-refractivity contribution in [3.63, 3.8) is 0 Å². The van der Waals surface area contributed by atoms with Gasteiger partial charge in [0.05, 0.1) is 5.52 Å². The lowest BCUT2D eigenvalue weighted by Gasteiger charge is -2.16. The molecule has 1 heterocycles. The van der Waals surface area contributed by atoms with Crippen LogP contribution in [0, 0.1) is 0 Å². The molecule has 0 aliphatic carbocycles. The van der Waals surface area contributed by atoms with Crippen LogP contribution in [0.1, 0.15) is 33.5 Å². The molecule has 1 unspecified atom stereocenters. The van der Waals surface area contributed by atoms with Crippen molar-refractivity contribution in [3.8, 4) is 0 Å². The number of aromatic nitrogens is 1. The zero-order valence-corrected chi connectivity index (χ0v) is 12.2. The average molecular weight is 297 g/mol. The van der Waals surface area contributed by atoms with E-state index in [1.807, 2.05) is 31.2 Å². The number of fused-ring (bicyclic) bond motifs is 1. The summed E-state index contributed by atoms with van der Waals surface area (Å²) < 4.78 is 36.5. The summed E-state index contributed by atoms with van der Waals surface area (Å²) >= 11 is 5.99. The van der Waals surface area contributed by atoms with Gasteiger partial charge in [-0.15, -0.1) is 0 Å². The second-order valence-corrected chi connectivity index (χ2v) is 5.20. The van der Waals surface area contributed by atoms with Crippen molar-refractivity contribution in [1.29, 1.82) is 0 Å². The van der Waals surface area contributed by atoms with Gasteiger partial charge in [-0.2, -0.15) is 0 Å². The van der Waals surface area contributed by atoms with Gasteiger partial charge in [0.1, 0.15) is 0 Å². The predicted octanol–water partition coefficient (Wildman–Crippen LogP) is 4.08. The molecule has 108 valence electrons. The molecule has 0 fully saturated rings. The molecule has 1 aromatic heterocycles. The highest BCUT2D eigenvalue weighted by molar-refractivity contribution is 6.31. The summed E-state index contributed by atoms with van der Waals surface area (Å²) in [4.78, 5) is 4.31. The first-order valence-corrected chi connectivity index (χ1v) is 7.04. The van der Waals surface area contributed by atoms with Crippen LogP contribution in [0.25, 0.3) is 10.9 Å². The standard InChI is InChI=1S/C16H22ClN3/c1-3-18-9-4-5-12(2)20-15-8-10-19-16-11-13(17)6-7-14(15)16/h6-8,10-12,18H,3-5,9H2,1-2H3,(H,19,20)/i1D3,3D2. The molecule has 3 nitrogen and oxygen atoms in total. The van der Waals surface area contributed by atoms with Crippen LogP contribution in [0.15, 0.2) is 30.5 Å². The molecule has 2 N–H and O–H groups in total. The zero-order chi connectivity index (χ0) is 18.7. The largest absolute Gasteiger partial charge is 0.382 e. The Morgan fingerprint density at radius 1 is 1.45 bits per heavy atom. The van der Waals surface area contributed by atoms with Gasteiger partial charge in [0.15, 0.2) is 0 Å². The SMILES string of the molecule is [2H]C([2H])([2H])C([2H])([2H])NCCCC(C)Nc1ccnc2cc(Cl)ccc12. The average Bonchev–Trinajstić information content (AvgIpc) is 2.50. The molecule has 0 saturated carbocycles. The summed E-state index contributed by atoms with van der Waals surface area (Å²) in [5, 5.41) is 7.51. The van der Waals surface area contributed by atoms with Crippen molar-refractivity contribution in [2.24, 2.45) is 0 Å². The number of pyridine rings is 1. The second kappa shape index (κ2) is 7.46. The Morgan fingerprint density at radius 3 is 3.20 bits per heavy atom. The third-order valence-corrected chi connectivity index (χ3v) is 3.37. The second-order valence-electron chi connectivity index (χ2n) is 4.76. The van der Waals surface area contributed by atoms with Gasteiger partial charge in [-0.05, 0) is 57.1 Å². The molecule has 4 heteroatoms. The minimum atomic E-state index is -2.67. The number of anilines is 1. The molecule has 0 amide bonds. The minimum Gasteiger partial charge on any atom is -0.382 e. The monoisotopic (exact) mass is 296 g/mol. The summed E-state index contributed by atoms with van der Waals surface area (Å²) in [6.45, 7) is -2.72. The van der Waals surface area contributed by atoms with Gasteiger partial charge in [0.2, 0.25) is 0 Å². The van der Waals surface area contributed by atoms with Crippen molar-refractivity contribution in [2.75, 3.05) is 18.4 Å². The number of nitrogens with one attached hydrogen (secondary N) is 2. The lowest BCUT2D eigenvalue weighted by atomic mass is 10.1. The van der Waals surface area contributed by atoms with Crippen LogP contribution in [0.2, 0.25) is 5.02 Å². The summed E-state index contributed by atoms with van der Waals surface area (Å²) in [5.41, 5.74) is 1.78. The van der Waals surface area contributed by atoms with E-state index in [9.17, 15) is 0 Å². The van der Waals surface area contributed by atoms with Gasteiger partial charge in [0.25, 0.3) is 0 Å². The zero-order valence-electron chi connectivity index (χ0n) is 16.4. The minimum absolute atomic E-state index is 0.140. The summed E-state index contributed by atoms with van der Waals surface area (Å²) in [7, 11) is 0. The van der Waals surface area contributed by atoms with E-state index in [0.29, 0.717) is 18.0 Å². The molecular formula is C16H22ClN3. The number of hydrogen-bond acceptors (Lipinski definition) is 3. The Morgan fingerprint density at radius 2 is 2.35 bits per heavy atom. The van der Waals surface area contributed by atoms with E-state index in [2.05, 4.69) is 15.6 Å². The van der Waals surface area contributed by atoms with Gasteiger partial charge in [-0.1, -0.05) is 18.5 Å². The number of halogens is 1. The maximum Gasteiger partial charge on any atom is 0.0737 e. The number of benzene rings is 1. The van der Waals surface area contributed by atoms with Crippen LogP contribution >= 0.6 is 11.6 Å². The van der Waals surface area contributed by atoms with E-state index in [-0.39, 0.29) is 6.04 Å². The highest BCUT2D eigenvalue weighted by atomic mass is 35.5. The highest BCUT2D eigenvalue weighted by Crippen LogP contribution is 2.25. The van der Waals surface area contributed by atoms with Gasteiger partial charge >= 0.3 is 0 Å². The quantitative estimate of drug-likeness (QED) is 0.756. The van der Waals surface area contributed by atoms with Crippen molar-refractivity contribution >= 4 is 28.2 Å². The molecule has 2 rings (SSSR count). The normalized spacial score (nSPS) is 17.6. The van der Waals surface area contributed by atoms with E-state index < -0.39 is 13.3 Å². The van der Waals surface area contributed by atoms with Gasteiger partial charge in [0, 0.05) is 35.2 Å². The van der Waals surface area contributed by atoms with Crippen LogP contribution in [-0.4, -0.2) is 24.1 Å². The molecule has 0 saturated heterocycles. The third-order valence-electron chi connectivity index (χ3n) is 3.13. The summed E-state index contributed by atoms with van der Waals surface area (Å²) in [6.07, 6.45) is 3.14. The first kappa shape index (κ1) is 9.59. The molecule has 0 bridgehead atoms. The Hall–Kier alpha value is -1.32. The molecule has 2 aromatic rings. The molecule has 1 atom stereocenters. The van der Waals surface area contributed by atoms with Crippen LogP contribution < -0.4 is 10.6 Å². The molecule has 0 radical (unpaired) electrons. The Balaban J connectivity index is 1.88. The maximum atomic E-state index is 7.51. The van der Waals surface area contributed by atoms with Crippen LogP contribution in [0.4, 0.5) is 5.69 Å². The van der Waals surface area contributed by atoms with Crippen molar-refractivity contribution in [1.82, 2.24) is 10.3 Å². The van der Waals surface area contributed by atoms with Crippen LogP contribution in [-0.2, 0) is 0 Å². The molecular weight excluding hydrogens is 270 g/mol. The third kappa shape index (κ3) is 4.09. The topological polar surface area (TPSA) is 37.0 Å². The maximum absolute atomic E-state index is 7.51. The first-order chi connectivity index (χ1) is 11.6. The first-order valence-electron chi connectivity index (χ1n) is 9.16. The van der Waals surface area contributed by atoms with Gasteiger partial charge < -0.3 is 10.6 Å². The van der Waals surface area contributed by atoms with Crippen LogP contribution in [0.5, 0.6) is 0 Å². The van der Waals surface area contributed by atoms with Crippen LogP contribution in [0.3, 0.4) is 0 Å². The smallest absolute Gasteiger partial charge is 0.0737 e. The lowest BCUT2D eigenvalue weighted by molar-refractivity contribution is 0.603. The number of rotatable bonds is 7. The van der Waals surface area contributed by atoms with Crippen molar-refractivity contribution in [2.45, 2.75) is 32.7 Å². The van der Waals surface area contributed by atoms with E-state index in [1.54, 1.807) is 6.20 Å². The Bertz CT molecular complexity index is 720. The fourth-order valence-electron chi connectivity index (χ4n) is 2.14. The lowest BCUT2D eigenvalue weighted by Crippen LogP contribution is -2.19. The fraction of sp³-hybridized carbons (Fsp3) is 0.438. The van der Waals surface area contributed by atoms with Crippen molar-refractivity contribution < 1.29 is 6.85 Å². The fourth-order valence-corrected chi connectivity index (χ4v) is 2.31. The number of nitrogens with zero attached hydrogens (tertiary/aromatic N) is 1. The van der Waals surface area contributed by atoms with E-state index in [1.165, 1.54) is 0 Å². The summed E-state index contributed by atoms with van der Waals surface area (Å²) in [5.74, 6) is 0. The van der Waals surface area contributed by atoms with Gasteiger partial charge in [-0.25, -0.2) is 0 Å². The molecule has 0 aliphatic heterocycles. The summed E-state index contributed by atoms with van der Waals surface area (Å²) in [6, 6.07) is 7.60. The van der Waals surface area contributed by atoms with Crippen molar-refractivity contribution in [3.05, 3.63) is 35.5 Å². The van der Waals surface area contributed by atoms with E-state index in [4.69, 9.17) is 18.5 Å². The van der Waals surface area contributed by atoms with Gasteiger partial charge in [-0.3, -0.25) is 4.98 Å². The van der Waals surface area contributed by atoms with E-state index in [0.717, 1.165) is 23.0 Å². The molecule has 0 aliphatic rings. The van der Waals surface area contributed by atoms with E-state index >= 15 is 0 Å². The Labute approximate surface area is 132 Å². The highest BCUT2D eigenvalue weighted by Gasteiger charge is 2.06. The number of hydrogen-bond donors (Lipinski definition) is 2. The molecule has 0 spiro atoms. The Kier molecular flexibility index (Phi) is 3.58. The molecule has 20 heavy (non-hydrogen) atoms. The predicted molar refractivity (Wildman–Crippen MR) is 87.6 cm³/mol. The molecule has 1 aromatic carbocycles.